The van der Waals surface area contributed by atoms with Gasteiger partial charge in [0.15, 0.2) is 11.4 Å². The highest BCUT2D eigenvalue weighted by Gasteiger charge is 2.23. The van der Waals surface area contributed by atoms with Crippen LogP contribution in [0.5, 0.6) is 0 Å². The summed E-state index contributed by atoms with van der Waals surface area (Å²) in [7, 11) is 0. The van der Waals surface area contributed by atoms with E-state index in [1.54, 1.807) is 24.5 Å². The van der Waals surface area contributed by atoms with E-state index in [-0.39, 0.29) is 24.4 Å². The van der Waals surface area contributed by atoms with Gasteiger partial charge >= 0.3 is 0 Å². The SMILES string of the molecule is Nc1ncc(-c2cnn(C3CCC(O)CC3)c2)c2cc(-c3c(F)ccc4nnsc34)oc12.O=CO. The van der Waals surface area contributed by atoms with E-state index in [0.717, 1.165) is 53.7 Å². The molecule has 0 radical (unpaired) electrons. The number of benzene rings is 1. The van der Waals surface area contributed by atoms with E-state index in [1.807, 2.05) is 10.9 Å². The molecule has 4 heterocycles. The Balaban J connectivity index is 0.000000806. The van der Waals surface area contributed by atoms with E-state index in [0.29, 0.717) is 27.1 Å². The number of furan rings is 1. The van der Waals surface area contributed by atoms with Gasteiger partial charge in [-0.3, -0.25) is 9.48 Å². The van der Waals surface area contributed by atoms with E-state index >= 15 is 0 Å². The highest BCUT2D eigenvalue weighted by molar-refractivity contribution is 7.13. The number of aliphatic hydroxyl groups excluding tert-OH is 1. The van der Waals surface area contributed by atoms with Crippen LogP contribution in [0.3, 0.4) is 0 Å². The minimum atomic E-state index is -0.414. The first-order chi connectivity index (χ1) is 17.0. The summed E-state index contributed by atoms with van der Waals surface area (Å²) in [6, 6.07) is 5.00. The molecule has 1 aliphatic rings. The van der Waals surface area contributed by atoms with Gasteiger partial charge in [-0.2, -0.15) is 5.10 Å². The Labute approximate surface area is 202 Å². The van der Waals surface area contributed by atoms with Gasteiger partial charge in [0.2, 0.25) is 0 Å². The first kappa shape index (κ1) is 22.9. The van der Waals surface area contributed by atoms with Gasteiger partial charge in [0, 0.05) is 28.9 Å². The number of nitrogen functional groups attached to an aromatic ring is 1. The van der Waals surface area contributed by atoms with Crippen molar-refractivity contribution < 1.29 is 23.8 Å². The maximum absolute atomic E-state index is 14.8. The zero-order valence-corrected chi connectivity index (χ0v) is 19.2. The number of rotatable bonds is 3. The van der Waals surface area contributed by atoms with E-state index in [9.17, 15) is 9.50 Å². The lowest BCUT2D eigenvalue weighted by atomic mass is 9.93. The molecule has 10 nitrogen and oxygen atoms in total. The van der Waals surface area contributed by atoms with Crippen LogP contribution in [-0.2, 0) is 4.79 Å². The normalized spacial score (nSPS) is 17.9. The summed E-state index contributed by atoms with van der Waals surface area (Å²) in [5.41, 5.74) is 9.10. The first-order valence-electron chi connectivity index (χ1n) is 10.9. The molecule has 4 aromatic heterocycles. The maximum atomic E-state index is 14.8. The fraction of sp³-hybridized carbons (Fsp3) is 0.261. The molecule has 0 saturated heterocycles. The summed E-state index contributed by atoms with van der Waals surface area (Å²) in [6.07, 6.45) is 8.58. The molecule has 1 aromatic carbocycles. The molecule has 1 aliphatic carbocycles. The zero-order valence-electron chi connectivity index (χ0n) is 18.3. The third kappa shape index (κ3) is 4.21. The van der Waals surface area contributed by atoms with Gasteiger partial charge in [0.1, 0.15) is 17.1 Å². The molecular weight excluding hydrogens is 475 g/mol. The molecule has 35 heavy (non-hydrogen) atoms. The quantitative estimate of drug-likeness (QED) is 0.311. The summed E-state index contributed by atoms with van der Waals surface area (Å²) in [5.74, 6) is 0.172. The van der Waals surface area contributed by atoms with Crippen molar-refractivity contribution in [1.29, 1.82) is 0 Å². The lowest BCUT2D eigenvalue weighted by Gasteiger charge is -2.25. The molecule has 6 rings (SSSR count). The average molecular weight is 497 g/mol. The number of carbonyl (C=O) groups is 1. The van der Waals surface area contributed by atoms with Crippen molar-refractivity contribution in [3.05, 3.63) is 42.6 Å². The summed E-state index contributed by atoms with van der Waals surface area (Å²) < 4.78 is 27.3. The van der Waals surface area contributed by atoms with E-state index in [1.165, 1.54) is 6.07 Å². The minimum absolute atomic E-state index is 0.217. The molecule has 0 amide bonds. The Bertz CT molecular complexity index is 1500. The third-order valence-corrected chi connectivity index (χ3v) is 6.91. The average Bonchev–Trinajstić information content (AvgIpc) is 3.60. The van der Waals surface area contributed by atoms with Crippen LogP contribution >= 0.6 is 11.5 Å². The number of hydrogen-bond donors (Lipinski definition) is 3. The van der Waals surface area contributed by atoms with Crippen LogP contribution in [0.15, 0.2) is 41.2 Å². The van der Waals surface area contributed by atoms with Gasteiger partial charge in [-0.1, -0.05) is 4.49 Å². The fourth-order valence-corrected chi connectivity index (χ4v) is 5.15. The van der Waals surface area contributed by atoms with Crippen molar-refractivity contribution in [2.45, 2.75) is 37.8 Å². The highest BCUT2D eigenvalue weighted by atomic mass is 32.1. The highest BCUT2D eigenvalue weighted by Crippen LogP contribution is 2.40. The molecule has 0 bridgehead atoms. The molecule has 0 unspecified atom stereocenters. The van der Waals surface area contributed by atoms with Crippen molar-refractivity contribution in [2.24, 2.45) is 0 Å². The molecule has 4 N–H and O–H groups in total. The van der Waals surface area contributed by atoms with Crippen LogP contribution in [0.1, 0.15) is 31.7 Å². The summed E-state index contributed by atoms with van der Waals surface area (Å²) in [4.78, 5) is 12.7. The maximum Gasteiger partial charge on any atom is 0.290 e. The zero-order chi connectivity index (χ0) is 24.5. The van der Waals surface area contributed by atoms with Crippen molar-refractivity contribution in [1.82, 2.24) is 24.4 Å². The second-order valence-corrected chi connectivity index (χ2v) is 8.99. The van der Waals surface area contributed by atoms with Crippen LogP contribution in [-0.4, -0.2) is 47.1 Å². The number of nitrogens with two attached hydrogens (primary N) is 1. The largest absolute Gasteiger partial charge is 0.483 e. The van der Waals surface area contributed by atoms with E-state index in [4.69, 9.17) is 20.1 Å². The molecule has 0 spiro atoms. The molecule has 0 aliphatic heterocycles. The molecule has 5 aromatic rings. The van der Waals surface area contributed by atoms with Crippen LogP contribution in [0.25, 0.3) is 43.6 Å². The number of hydrogen-bond acceptors (Lipinski definition) is 9. The number of aromatic nitrogens is 5. The van der Waals surface area contributed by atoms with Crippen LogP contribution in [0.2, 0.25) is 0 Å². The molecule has 180 valence electrons. The summed E-state index contributed by atoms with van der Waals surface area (Å²) in [5, 5.41) is 26.0. The lowest BCUT2D eigenvalue weighted by Crippen LogP contribution is -2.21. The number of carboxylic acid groups (broad SMARTS) is 1. The van der Waals surface area contributed by atoms with Crippen molar-refractivity contribution >= 4 is 45.0 Å². The molecule has 0 atom stereocenters. The molecule has 1 saturated carbocycles. The van der Waals surface area contributed by atoms with Gasteiger partial charge in [-0.15, -0.1) is 5.10 Å². The lowest BCUT2D eigenvalue weighted by molar-refractivity contribution is -0.122. The Hall–Kier alpha value is -3.90. The Morgan fingerprint density at radius 3 is 2.77 bits per heavy atom. The molecule has 1 fully saturated rings. The van der Waals surface area contributed by atoms with Crippen molar-refractivity contribution in [2.75, 3.05) is 5.73 Å². The number of pyridine rings is 1. The number of halogens is 1. The number of fused-ring (bicyclic) bond motifs is 2. The number of anilines is 1. The predicted molar refractivity (Wildman–Crippen MR) is 128 cm³/mol. The van der Waals surface area contributed by atoms with Gasteiger partial charge in [-0.05, 0) is 55.4 Å². The number of nitrogens with zero attached hydrogens (tertiary/aromatic N) is 5. The van der Waals surface area contributed by atoms with Gasteiger partial charge < -0.3 is 20.4 Å². The third-order valence-electron chi connectivity index (χ3n) is 6.15. The van der Waals surface area contributed by atoms with Crippen molar-refractivity contribution in [3.63, 3.8) is 0 Å². The van der Waals surface area contributed by atoms with Gasteiger partial charge in [0.05, 0.1) is 28.6 Å². The molecular formula is C23H21FN6O4S. The van der Waals surface area contributed by atoms with E-state index in [2.05, 4.69) is 19.7 Å². The minimum Gasteiger partial charge on any atom is -0.483 e. The first-order valence-corrected chi connectivity index (χ1v) is 11.7. The Morgan fingerprint density at radius 1 is 1.23 bits per heavy atom. The van der Waals surface area contributed by atoms with Crippen LogP contribution in [0, 0.1) is 5.82 Å². The van der Waals surface area contributed by atoms with Crippen LogP contribution < -0.4 is 5.73 Å². The predicted octanol–water partition coefficient (Wildman–Crippen LogP) is 4.26. The van der Waals surface area contributed by atoms with Crippen molar-refractivity contribution in [3.8, 4) is 22.5 Å². The smallest absolute Gasteiger partial charge is 0.290 e. The summed E-state index contributed by atoms with van der Waals surface area (Å²) >= 11 is 1.12. The van der Waals surface area contributed by atoms with Crippen LogP contribution in [0.4, 0.5) is 10.2 Å². The fourth-order valence-electron chi connectivity index (χ4n) is 4.45. The molecule has 12 heteroatoms. The van der Waals surface area contributed by atoms with E-state index < -0.39 is 5.82 Å². The van der Waals surface area contributed by atoms with Gasteiger partial charge in [0.25, 0.3) is 6.47 Å². The topological polar surface area (TPSA) is 153 Å². The summed E-state index contributed by atoms with van der Waals surface area (Å²) in [6.45, 7) is -0.250. The standard InChI is InChI=1S/C22H19FN6O2S.CH2O2/c23-16-5-6-17-21(32-28-27-17)19(16)18-7-14-15(9-25-22(24)20(14)31-18)11-8-26-29(10-11)12-1-3-13(30)4-2-12;2-1-3/h5-10,12-13,30H,1-4H2,(H2,24,25);1H,(H,2,3). The Morgan fingerprint density at radius 2 is 2.00 bits per heavy atom. The van der Waals surface area contributed by atoms with Gasteiger partial charge in [-0.25, -0.2) is 9.37 Å². The second-order valence-electron chi connectivity index (χ2n) is 8.23. The number of aliphatic hydroxyl groups is 1. The Kier molecular flexibility index (Phi) is 6.14. The second kappa shape index (κ2) is 9.39. The monoisotopic (exact) mass is 496 g/mol.